The Morgan fingerprint density at radius 2 is 2.00 bits per heavy atom. The molecule has 0 N–H and O–H groups in total. The molecule has 0 aromatic carbocycles. The summed E-state index contributed by atoms with van der Waals surface area (Å²) in [7, 11) is 0. The van der Waals surface area contributed by atoms with Crippen LogP contribution in [0.3, 0.4) is 0 Å². The van der Waals surface area contributed by atoms with E-state index in [-0.39, 0.29) is 10.1 Å². The number of hydrogen-bond donors (Lipinski definition) is 0. The number of carbonyl (C=O) groups is 2. The topological polar surface area (TPSA) is 43.4 Å². The third-order valence-corrected chi connectivity index (χ3v) is 3.44. The normalized spacial score (nSPS) is 36.1. The van der Waals surface area contributed by atoms with Crippen LogP contribution in [0.25, 0.3) is 0 Å². The van der Waals surface area contributed by atoms with Crippen molar-refractivity contribution in [3.8, 4) is 0 Å². The Morgan fingerprint density at radius 3 is 2.64 bits per heavy atom. The first kappa shape index (κ1) is 10.0. The molecule has 2 unspecified atom stereocenters. The predicted octanol–water partition coefficient (Wildman–Crippen LogP) is 1.92. The molecule has 14 heavy (non-hydrogen) atoms. The zero-order chi connectivity index (χ0) is 10.5. The van der Waals surface area contributed by atoms with Crippen molar-refractivity contribution >= 4 is 46.7 Å². The molecule has 6 heteroatoms. The van der Waals surface area contributed by atoms with Crippen LogP contribution in [0, 0.1) is 5.92 Å². The molecule has 0 radical (unpaired) electrons. The Balaban J connectivity index is 2.57. The smallest absolute Gasteiger partial charge is 0.341 e. The van der Waals surface area contributed by atoms with Crippen molar-refractivity contribution in [2.45, 2.75) is 4.87 Å². The number of fused-ring (bicyclic) bond motifs is 1. The summed E-state index contributed by atoms with van der Waals surface area (Å²) in [6.07, 6.45) is 2.68. The number of allylic oxidation sites excluding steroid dienone is 2. The second-order valence-corrected chi connectivity index (χ2v) is 4.38. The number of cyclic esters (lactones) is 2. The number of esters is 2. The zero-order valence-electron chi connectivity index (χ0n) is 6.59. The maximum Gasteiger partial charge on any atom is 0.341 e. The third-order valence-electron chi connectivity index (χ3n) is 2.11. The second kappa shape index (κ2) is 2.99. The molecule has 0 aromatic rings. The van der Waals surface area contributed by atoms with Crippen LogP contribution in [0.5, 0.6) is 0 Å². The van der Waals surface area contributed by atoms with E-state index in [2.05, 4.69) is 4.74 Å². The molecule has 0 saturated carbocycles. The van der Waals surface area contributed by atoms with Gasteiger partial charge >= 0.3 is 11.9 Å². The first-order chi connectivity index (χ1) is 6.46. The van der Waals surface area contributed by atoms with Gasteiger partial charge in [0.25, 0.3) is 0 Å². The van der Waals surface area contributed by atoms with Crippen molar-refractivity contribution in [1.82, 2.24) is 0 Å². The molecular formula is C8H3Cl3O3. The molecule has 1 fully saturated rings. The maximum absolute atomic E-state index is 11.3. The highest BCUT2D eigenvalue weighted by Gasteiger charge is 2.59. The van der Waals surface area contributed by atoms with Crippen molar-refractivity contribution < 1.29 is 14.3 Å². The van der Waals surface area contributed by atoms with Gasteiger partial charge in [0.2, 0.25) is 0 Å². The van der Waals surface area contributed by atoms with E-state index in [1.165, 1.54) is 12.2 Å². The van der Waals surface area contributed by atoms with Gasteiger partial charge < -0.3 is 4.74 Å². The molecule has 3 nitrogen and oxygen atoms in total. The molecule has 1 aliphatic heterocycles. The summed E-state index contributed by atoms with van der Waals surface area (Å²) in [6, 6.07) is 0. The summed E-state index contributed by atoms with van der Waals surface area (Å²) < 4.78 is 4.39. The maximum atomic E-state index is 11.3. The summed E-state index contributed by atoms with van der Waals surface area (Å²) in [4.78, 5) is 20.9. The Hall–Kier alpha value is -0.510. The third kappa shape index (κ3) is 1.13. The van der Waals surface area contributed by atoms with Gasteiger partial charge in [-0.3, -0.25) is 4.79 Å². The SMILES string of the molecule is O=C1OC(=O)C2(Cl)C(Cl)=CC(Cl)=CC12. The molecular weight excluding hydrogens is 250 g/mol. The molecule has 0 bridgehead atoms. The molecule has 2 rings (SSSR count). The minimum atomic E-state index is -1.61. The first-order valence-electron chi connectivity index (χ1n) is 3.66. The van der Waals surface area contributed by atoms with Gasteiger partial charge in [-0.05, 0) is 12.2 Å². The van der Waals surface area contributed by atoms with E-state index in [1.807, 2.05) is 0 Å². The van der Waals surface area contributed by atoms with E-state index >= 15 is 0 Å². The molecule has 1 saturated heterocycles. The van der Waals surface area contributed by atoms with E-state index in [0.717, 1.165) is 0 Å². The highest BCUT2D eigenvalue weighted by molar-refractivity contribution is 6.50. The van der Waals surface area contributed by atoms with Crippen LogP contribution in [0.4, 0.5) is 0 Å². The Morgan fingerprint density at radius 1 is 1.36 bits per heavy atom. The number of ether oxygens (including phenoxy) is 1. The van der Waals surface area contributed by atoms with Crippen molar-refractivity contribution in [2.75, 3.05) is 0 Å². The van der Waals surface area contributed by atoms with Crippen LogP contribution in [-0.2, 0) is 14.3 Å². The van der Waals surface area contributed by atoms with Gasteiger partial charge in [-0.2, -0.15) is 0 Å². The number of halogens is 3. The Bertz CT molecular complexity index is 399. The van der Waals surface area contributed by atoms with Gasteiger partial charge in [-0.1, -0.05) is 34.8 Å². The fraction of sp³-hybridized carbons (Fsp3) is 0.250. The second-order valence-electron chi connectivity index (χ2n) is 2.94. The van der Waals surface area contributed by atoms with E-state index in [9.17, 15) is 9.59 Å². The highest BCUT2D eigenvalue weighted by atomic mass is 35.5. The van der Waals surface area contributed by atoms with Crippen LogP contribution in [0.1, 0.15) is 0 Å². The van der Waals surface area contributed by atoms with Crippen molar-refractivity contribution in [3.05, 3.63) is 22.2 Å². The first-order valence-corrected chi connectivity index (χ1v) is 4.79. The van der Waals surface area contributed by atoms with Crippen molar-refractivity contribution in [2.24, 2.45) is 5.92 Å². The molecule has 2 aliphatic rings. The largest absolute Gasteiger partial charge is 0.391 e. The number of hydrogen-bond acceptors (Lipinski definition) is 3. The molecule has 74 valence electrons. The lowest BCUT2D eigenvalue weighted by Crippen LogP contribution is -2.36. The number of carbonyl (C=O) groups excluding carboxylic acids is 2. The van der Waals surface area contributed by atoms with Crippen LogP contribution >= 0.6 is 34.8 Å². The zero-order valence-corrected chi connectivity index (χ0v) is 8.86. The van der Waals surface area contributed by atoms with Crippen LogP contribution in [0.15, 0.2) is 22.2 Å². The minimum Gasteiger partial charge on any atom is -0.391 e. The Labute approximate surface area is 94.2 Å². The summed E-state index contributed by atoms with van der Waals surface area (Å²) in [5.74, 6) is -2.51. The Kier molecular flexibility index (Phi) is 2.14. The molecule has 2 atom stereocenters. The fourth-order valence-corrected chi connectivity index (χ4v) is 2.23. The summed E-state index contributed by atoms with van der Waals surface area (Å²) in [5.41, 5.74) is 0. The van der Waals surface area contributed by atoms with E-state index in [1.54, 1.807) is 0 Å². The predicted molar refractivity (Wildman–Crippen MR) is 51.0 cm³/mol. The van der Waals surface area contributed by atoms with Crippen LogP contribution in [-0.4, -0.2) is 16.8 Å². The monoisotopic (exact) mass is 252 g/mol. The number of alkyl halides is 1. The van der Waals surface area contributed by atoms with Crippen LogP contribution in [0.2, 0.25) is 0 Å². The quantitative estimate of drug-likeness (QED) is 0.376. The van der Waals surface area contributed by atoms with Gasteiger partial charge in [0.15, 0.2) is 4.87 Å². The lowest BCUT2D eigenvalue weighted by atomic mass is 9.89. The van der Waals surface area contributed by atoms with Gasteiger partial charge in [-0.15, -0.1) is 0 Å². The van der Waals surface area contributed by atoms with E-state index in [0.29, 0.717) is 0 Å². The highest BCUT2D eigenvalue weighted by Crippen LogP contribution is 2.46. The lowest BCUT2D eigenvalue weighted by molar-refractivity contribution is -0.153. The average Bonchev–Trinajstić information content (AvgIpc) is 2.29. The molecule has 0 aromatic heterocycles. The van der Waals surface area contributed by atoms with Gasteiger partial charge in [0.1, 0.15) is 5.92 Å². The summed E-state index contributed by atoms with van der Waals surface area (Å²) in [6.45, 7) is 0. The van der Waals surface area contributed by atoms with E-state index < -0.39 is 22.7 Å². The van der Waals surface area contributed by atoms with Gasteiger partial charge in [-0.25, -0.2) is 4.79 Å². The minimum absolute atomic E-state index is 0.00696. The van der Waals surface area contributed by atoms with Gasteiger partial charge in [0.05, 0.1) is 5.03 Å². The van der Waals surface area contributed by atoms with E-state index in [4.69, 9.17) is 34.8 Å². The van der Waals surface area contributed by atoms with Crippen molar-refractivity contribution in [1.29, 1.82) is 0 Å². The fourth-order valence-electron chi connectivity index (χ4n) is 1.38. The summed E-state index contributed by atoms with van der Waals surface area (Å²) >= 11 is 17.4. The van der Waals surface area contributed by atoms with Crippen LogP contribution < -0.4 is 0 Å². The molecule has 0 amide bonds. The van der Waals surface area contributed by atoms with Gasteiger partial charge in [0, 0.05) is 5.03 Å². The number of rotatable bonds is 0. The standard InChI is InChI=1S/C8H3Cl3O3/c9-3-1-4-6(12)14-7(13)8(4,11)5(10)2-3/h1-2,4H. The molecule has 1 heterocycles. The van der Waals surface area contributed by atoms with Crippen molar-refractivity contribution in [3.63, 3.8) is 0 Å². The summed E-state index contributed by atoms with van der Waals surface area (Å²) in [5, 5.41) is 0.274. The lowest BCUT2D eigenvalue weighted by Gasteiger charge is -2.23. The molecule has 1 aliphatic carbocycles. The molecule has 0 spiro atoms. The average molecular weight is 253 g/mol.